The minimum Gasteiger partial charge on any atom is -0.476 e. The molecule has 0 fully saturated rings. The minimum absolute atomic E-state index is 0.0894. The Labute approximate surface area is 205 Å². The maximum Gasteiger partial charge on any atom is 0.356 e. The molecule has 1 atom stereocenters. The Morgan fingerprint density at radius 3 is 2.40 bits per heavy atom. The summed E-state index contributed by atoms with van der Waals surface area (Å²) in [6.07, 6.45) is 3.46. The van der Waals surface area contributed by atoms with E-state index in [-0.39, 0.29) is 16.6 Å². The molecule has 0 saturated carbocycles. The van der Waals surface area contributed by atoms with Gasteiger partial charge in [-0.1, -0.05) is 43.3 Å². The monoisotopic (exact) mass is 498 g/mol. The van der Waals surface area contributed by atoms with Crippen molar-refractivity contribution in [1.82, 2.24) is 20.0 Å². The Hall–Kier alpha value is -3.50. The molecular formula is C25H30N4O5S. The van der Waals surface area contributed by atoms with Crippen LogP contribution in [0.1, 0.15) is 42.4 Å². The zero-order chi connectivity index (χ0) is 25.6. The van der Waals surface area contributed by atoms with Gasteiger partial charge in [-0.3, -0.25) is 4.90 Å². The van der Waals surface area contributed by atoms with Crippen molar-refractivity contribution >= 4 is 21.8 Å². The van der Waals surface area contributed by atoms with Gasteiger partial charge in [0.1, 0.15) is 0 Å². The SMILES string of the molecule is CCCN(CCNC(=O)n1ccc(C(=O)O)n1)C(C)c1ccc(-c2cccc(S(C)(=O)=O)c2)cc1. The van der Waals surface area contributed by atoms with Crippen molar-refractivity contribution in [3.8, 4) is 11.1 Å². The first-order valence-electron chi connectivity index (χ1n) is 11.3. The number of aromatic nitrogens is 2. The molecule has 2 N–H and O–H groups in total. The normalized spacial score (nSPS) is 12.5. The van der Waals surface area contributed by atoms with Crippen LogP contribution in [-0.2, 0) is 9.84 Å². The predicted molar refractivity (Wildman–Crippen MR) is 133 cm³/mol. The highest BCUT2D eigenvalue weighted by atomic mass is 32.2. The molecule has 3 aromatic rings. The van der Waals surface area contributed by atoms with Gasteiger partial charge in [-0.2, -0.15) is 9.78 Å². The first-order valence-corrected chi connectivity index (χ1v) is 13.2. The van der Waals surface area contributed by atoms with Crippen LogP contribution in [0.4, 0.5) is 4.79 Å². The standard InChI is InChI=1S/C25H30N4O5S/c1-4-14-28(16-13-26-25(32)29-15-12-23(27-29)24(30)31)18(2)19-8-10-20(11-9-19)21-6-5-7-22(17-21)35(3,33)34/h5-12,15,17-18H,4,13-14,16H2,1-3H3,(H,26,32)(H,30,31). The summed E-state index contributed by atoms with van der Waals surface area (Å²) in [7, 11) is -3.28. The van der Waals surface area contributed by atoms with Gasteiger partial charge in [0.2, 0.25) is 0 Å². The lowest BCUT2D eigenvalue weighted by Gasteiger charge is -2.29. The lowest BCUT2D eigenvalue weighted by molar-refractivity contribution is 0.0690. The van der Waals surface area contributed by atoms with E-state index in [0.29, 0.717) is 13.1 Å². The number of carboxylic acids is 1. The maximum atomic E-state index is 12.3. The van der Waals surface area contributed by atoms with Crippen molar-refractivity contribution in [1.29, 1.82) is 0 Å². The number of hydrogen-bond acceptors (Lipinski definition) is 6. The highest BCUT2D eigenvalue weighted by molar-refractivity contribution is 7.90. The Kier molecular flexibility index (Phi) is 8.42. The molecule has 0 aliphatic rings. The van der Waals surface area contributed by atoms with Gasteiger partial charge in [-0.15, -0.1) is 0 Å². The maximum absolute atomic E-state index is 12.3. The molecule has 1 heterocycles. The van der Waals surface area contributed by atoms with Crippen LogP contribution in [0.2, 0.25) is 0 Å². The summed E-state index contributed by atoms with van der Waals surface area (Å²) in [6.45, 7) is 6.00. The van der Waals surface area contributed by atoms with Gasteiger partial charge in [0.25, 0.3) is 0 Å². The van der Waals surface area contributed by atoms with Crippen LogP contribution in [0.25, 0.3) is 11.1 Å². The van der Waals surface area contributed by atoms with Gasteiger partial charge in [-0.05, 0) is 54.8 Å². The Morgan fingerprint density at radius 2 is 1.80 bits per heavy atom. The van der Waals surface area contributed by atoms with E-state index in [4.69, 9.17) is 5.11 Å². The second kappa shape index (κ2) is 11.3. The molecule has 0 saturated heterocycles. The lowest BCUT2D eigenvalue weighted by atomic mass is 10.0. The van der Waals surface area contributed by atoms with Crippen LogP contribution < -0.4 is 5.32 Å². The Bertz CT molecular complexity index is 1290. The highest BCUT2D eigenvalue weighted by Gasteiger charge is 2.17. The van der Waals surface area contributed by atoms with Gasteiger partial charge in [0.15, 0.2) is 15.5 Å². The summed E-state index contributed by atoms with van der Waals surface area (Å²) in [5.41, 5.74) is 2.68. The molecule has 35 heavy (non-hydrogen) atoms. The van der Waals surface area contributed by atoms with Crippen LogP contribution in [0, 0.1) is 0 Å². The fourth-order valence-electron chi connectivity index (χ4n) is 3.80. The molecule has 1 amide bonds. The summed E-state index contributed by atoms with van der Waals surface area (Å²) in [6, 6.07) is 15.8. The van der Waals surface area contributed by atoms with E-state index in [2.05, 4.69) is 29.2 Å². The molecule has 2 aromatic carbocycles. The molecule has 0 bridgehead atoms. The molecule has 0 aliphatic heterocycles. The molecule has 1 aromatic heterocycles. The summed E-state index contributed by atoms with van der Waals surface area (Å²) < 4.78 is 24.7. The number of rotatable bonds is 10. The summed E-state index contributed by atoms with van der Waals surface area (Å²) in [5.74, 6) is -1.19. The summed E-state index contributed by atoms with van der Waals surface area (Å²) >= 11 is 0. The third-order valence-corrected chi connectivity index (χ3v) is 6.85. The van der Waals surface area contributed by atoms with Crippen LogP contribution in [0.15, 0.2) is 65.7 Å². The van der Waals surface area contributed by atoms with Crippen LogP contribution >= 0.6 is 0 Å². The number of nitrogens with zero attached hydrogens (tertiary/aromatic N) is 3. The van der Waals surface area contributed by atoms with Crippen LogP contribution in [0.5, 0.6) is 0 Å². The van der Waals surface area contributed by atoms with E-state index in [1.807, 2.05) is 30.3 Å². The van der Waals surface area contributed by atoms with Crippen molar-refractivity contribution < 1.29 is 23.1 Å². The van der Waals surface area contributed by atoms with E-state index in [1.165, 1.54) is 18.5 Å². The third-order valence-electron chi connectivity index (χ3n) is 5.74. The van der Waals surface area contributed by atoms with Crippen molar-refractivity contribution in [2.45, 2.75) is 31.2 Å². The number of benzene rings is 2. The molecular weight excluding hydrogens is 468 g/mol. The molecule has 10 heteroatoms. The van der Waals surface area contributed by atoms with E-state index in [1.54, 1.807) is 18.2 Å². The lowest BCUT2D eigenvalue weighted by Crippen LogP contribution is -2.38. The van der Waals surface area contributed by atoms with E-state index >= 15 is 0 Å². The van der Waals surface area contributed by atoms with E-state index in [0.717, 1.165) is 34.3 Å². The number of amides is 1. The van der Waals surface area contributed by atoms with Gasteiger partial charge >= 0.3 is 12.0 Å². The van der Waals surface area contributed by atoms with Crippen molar-refractivity contribution in [3.63, 3.8) is 0 Å². The van der Waals surface area contributed by atoms with Gasteiger partial charge < -0.3 is 10.4 Å². The quantitative estimate of drug-likeness (QED) is 0.437. The topological polar surface area (TPSA) is 122 Å². The number of hydrogen-bond donors (Lipinski definition) is 2. The van der Waals surface area contributed by atoms with Crippen LogP contribution in [-0.4, -0.2) is 66.1 Å². The largest absolute Gasteiger partial charge is 0.476 e. The molecule has 186 valence electrons. The van der Waals surface area contributed by atoms with Gasteiger partial charge in [0, 0.05) is 31.6 Å². The molecule has 1 unspecified atom stereocenters. The smallest absolute Gasteiger partial charge is 0.356 e. The molecule has 0 spiro atoms. The van der Waals surface area contributed by atoms with Gasteiger partial charge in [-0.25, -0.2) is 18.0 Å². The predicted octanol–water partition coefficient (Wildman–Crippen LogP) is 3.68. The number of sulfone groups is 1. The number of carbonyl (C=O) groups is 2. The summed E-state index contributed by atoms with van der Waals surface area (Å²) in [5, 5.41) is 15.5. The molecule has 0 aliphatic carbocycles. The van der Waals surface area contributed by atoms with Crippen molar-refractivity contribution in [3.05, 3.63) is 72.1 Å². The average Bonchev–Trinajstić information content (AvgIpc) is 3.34. The number of carboxylic acid groups (broad SMARTS) is 1. The molecule has 9 nitrogen and oxygen atoms in total. The van der Waals surface area contributed by atoms with Gasteiger partial charge in [0.05, 0.1) is 4.90 Å². The number of carbonyl (C=O) groups excluding carboxylic acids is 1. The first-order chi connectivity index (χ1) is 16.6. The number of aromatic carboxylic acids is 1. The fraction of sp³-hybridized carbons (Fsp3) is 0.320. The van der Waals surface area contributed by atoms with Crippen molar-refractivity contribution in [2.75, 3.05) is 25.9 Å². The Morgan fingerprint density at radius 1 is 1.09 bits per heavy atom. The molecule has 0 radical (unpaired) electrons. The fourth-order valence-corrected chi connectivity index (χ4v) is 4.46. The van der Waals surface area contributed by atoms with E-state index < -0.39 is 21.8 Å². The Balaban J connectivity index is 1.64. The third kappa shape index (κ3) is 6.77. The van der Waals surface area contributed by atoms with Crippen molar-refractivity contribution in [2.24, 2.45) is 0 Å². The second-order valence-electron chi connectivity index (χ2n) is 8.32. The average molecular weight is 499 g/mol. The number of nitrogens with one attached hydrogen (secondary N) is 1. The second-order valence-corrected chi connectivity index (χ2v) is 10.3. The molecule has 3 rings (SSSR count). The van der Waals surface area contributed by atoms with E-state index in [9.17, 15) is 18.0 Å². The minimum atomic E-state index is -3.28. The summed E-state index contributed by atoms with van der Waals surface area (Å²) in [4.78, 5) is 25.7. The first kappa shape index (κ1) is 26.1. The van der Waals surface area contributed by atoms with Crippen LogP contribution in [0.3, 0.4) is 0 Å². The zero-order valence-electron chi connectivity index (χ0n) is 20.0. The zero-order valence-corrected chi connectivity index (χ0v) is 20.8. The highest BCUT2D eigenvalue weighted by Crippen LogP contribution is 2.26.